The van der Waals surface area contributed by atoms with Gasteiger partial charge >= 0.3 is 6.03 Å². The van der Waals surface area contributed by atoms with Gasteiger partial charge in [-0.05, 0) is 54.4 Å². The molecule has 1 aliphatic heterocycles. The van der Waals surface area contributed by atoms with Crippen molar-refractivity contribution in [1.29, 1.82) is 0 Å². The largest absolute Gasteiger partial charge is 0.476 e. The summed E-state index contributed by atoms with van der Waals surface area (Å²) in [6, 6.07) is 1.57. The average molecular weight is 416 g/mol. The molecular weight excluding hydrogens is 390 g/mol. The molecule has 0 saturated carbocycles. The predicted octanol–water partition coefficient (Wildman–Crippen LogP) is 2.82. The summed E-state index contributed by atoms with van der Waals surface area (Å²) in [5, 5.41) is 13.1. The number of anilines is 1. The third-order valence-corrected chi connectivity index (χ3v) is 7.29. The molecule has 1 aromatic heterocycles. The first kappa shape index (κ1) is 18.6. The van der Waals surface area contributed by atoms with Crippen LogP contribution in [0, 0.1) is 5.41 Å². The van der Waals surface area contributed by atoms with Crippen LogP contribution in [0.4, 0.5) is 10.5 Å². The van der Waals surface area contributed by atoms with Gasteiger partial charge in [-0.2, -0.15) is 5.10 Å². The Hall–Kier alpha value is -2.39. The van der Waals surface area contributed by atoms with Crippen LogP contribution >= 0.6 is 0 Å². The molecule has 1 atom stereocenters. The van der Waals surface area contributed by atoms with Crippen LogP contribution in [0.2, 0.25) is 0 Å². The lowest BCUT2D eigenvalue weighted by molar-refractivity contribution is 0.0972. The van der Waals surface area contributed by atoms with E-state index < -0.39 is 15.9 Å². The highest BCUT2D eigenvalue weighted by Crippen LogP contribution is 2.40. The number of nitrogens with two attached hydrogens (primary N) is 1. The van der Waals surface area contributed by atoms with Crippen molar-refractivity contribution in [2.45, 2.75) is 57.4 Å². The molecule has 0 bridgehead atoms. The van der Waals surface area contributed by atoms with E-state index in [0.29, 0.717) is 19.0 Å². The highest BCUT2D eigenvalue weighted by atomic mass is 32.2. The first-order valence-corrected chi connectivity index (χ1v) is 11.5. The van der Waals surface area contributed by atoms with Gasteiger partial charge in [-0.1, -0.05) is 19.9 Å². The van der Waals surface area contributed by atoms with Crippen molar-refractivity contribution in [2.75, 3.05) is 11.9 Å². The number of urea groups is 1. The monoisotopic (exact) mass is 415 g/mol. The van der Waals surface area contributed by atoms with E-state index in [4.69, 9.17) is 9.88 Å². The fraction of sp³-hybridized carbons (Fsp3) is 0.500. The zero-order chi connectivity index (χ0) is 20.4. The number of aromatic nitrogens is 2. The van der Waals surface area contributed by atoms with Crippen LogP contribution in [0.25, 0.3) is 0 Å². The number of carbonyl (C=O) groups excluding carboxylic acids is 1. The number of rotatable bonds is 2. The minimum absolute atomic E-state index is 0.0875. The van der Waals surface area contributed by atoms with Gasteiger partial charge in [0.1, 0.15) is 4.90 Å². The summed E-state index contributed by atoms with van der Waals surface area (Å²) in [5.41, 5.74) is 5.70. The van der Waals surface area contributed by atoms with Crippen LogP contribution in [0.15, 0.2) is 21.5 Å². The van der Waals surface area contributed by atoms with Crippen molar-refractivity contribution in [3.8, 4) is 5.88 Å². The summed E-state index contributed by atoms with van der Waals surface area (Å²) in [6.45, 7) is 5.19. The van der Waals surface area contributed by atoms with Crippen molar-refractivity contribution in [3.63, 3.8) is 0 Å². The maximum atomic E-state index is 13.1. The second-order valence-corrected chi connectivity index (χ2v) is 10.7. The lowest BCUT2D eigenvalue weighted by Gasteiger charge is -2.30. The molecule has 2 amide bonds. The Morgan fingerprint density at radius 1 is 1.28 bits per heavy atom. The molecule has 8 nitrogen and oxygen atoms in total. The Kier molecular flexibility index (Phi) is 4.05. The molecule has 0 saturated heterocycles. The predicted molar refractivity (Wildman–Crippen MR) is 109 cm³/mol. The first-order valence-electron chi connectivity index (χ1n) is 9.94. The van der Waals surface area contributed by atoms with E-state index in [1.165, 1.54) is 28.5 Å². The number of carbonyl (C=O) groups is 1. The molecular formula is C20H25N5O3S. The molecule has 3 N–H and O–H groups in total. The van der Waals surface area contributed by atoms with Crippen LogP contribution in [0.1, 0.15) is 42.5 Å². The maximum Gasteiger partial charge on any atom is 0.354 e. The third kappa shape index (κ3) is 3.12. The molecule has 29 heavy (non-hydrogen) atoms. The molecule has 3 aliphatic rings. The van der Waals surface area contributed by atoms with E-state index in [9.17, 15) is 9.00 Å². The van der Waals surface area contributed by atoms with Crippen molar-refractivity contribution >= 4 is 21.6 Å². The summed E-state index contributed by atoms with van der Waals surface area (Å²) in [4.78, 5) is 12.8. The van der Waals surface area contributed by atoms with E-state index >= 15 is 0 Å². The minimum atomic E-state index is -3.48. The smallest absolute Gasteiger partial charge is 0.354 e. The number of amides is 2. The number of ether oxygens (including phenoxy) is 1. The topological polar surface area (TPSA) is 112 Å². The van der Waals surface area contributed by atoms with Crippen molar-refractivity contribution in [1.82, 2.24) is 9.78 Å². The van der Waals surface area contributed by atoms with Crippen LogP contribution < -0.4 is 15.2 Å². The van der Waals surface area contributed by atoms with Crippen LogP contribution in [-0.2, 0) is 42.1 Å². The summed E-state index contributed by atoms with van der Waals surface area (Å²) in [7, 11) is -3.48. The molecule has 1 aromatic carbocycles. The van der Waals surface area contributed by atoms with Crippen molar-refractivity contribution < 1.29 is 13.7 Å². The van der Waals surface area contributed by atoms with Crippen molar-refractivity contribution in [2.24, 2.45) is 14.9 Å². The first-order chi connectivity index (χ1) is 13.7. The zero-order valence-corrected chi connectivity index (χ0v) is 17.5. The number of hydrogen-bond acceptors (Lipinski definition) is 4. The standard InChI is InChI=1S/C20H25N5O3S/c1-20(2)10-25-18(28-11-20)16(9-22-25)29(21,27)24-19(26)23-17-14-5-3-4-12(14)8-13-6-7-15(13)17/h8-9H,3-7,10-11H2,1-2H3,(H3,21,23,24,26,27). The van der Waals surface area contributed by atoms with E-state index in [2.05, 4.69) is 34.7 Å². The van der Waals surface area contributed by atoms with Gasteiger partial charge in [0, 0.05) is 11.1 Å². The highest BCUT2D eigenvalue weighted by molar-refractivity contribution is 7.91. The normalized spacial score (nSPS) is 20.4. The second-order valence-electron chi connectivity index (χ2n) is 8.90. The van der Waals surface area contributed by atoms with Crippen molar-refractivity contribution in [3.05, 3.63) is 34.5 Å². The molecule has 2 heterocycles. The van der Waals surface area contributed by atoms with E-state index in [0.717, 1.165) is 37.8 Å². The fourth-order valence-corrected chi connectivity index (χ4v) is 5.43. The molecule has 9 heteroatoms. The average Bonchev–Trinajstić information content (AvgIpc) is 3.22. The quantitative estimate of drug-likeness (QED) is 0.785. The Morgan fingerprint density at radius 2 is 2.03 bits per heavy atom. The van der Waals surface area contributed by atoms with Crippen LogP contribution in [0.3, 0.4) is 0 Å². The Bertz CT molecular complexity index is 1160. The lowest BCUT2D eigenvalue weighted by atomic mass is 9.83. The van der Waals surface area contributed by atoms with E-state index in [-0.39, 0.29) is 10.3 Å². The van der Waals surface area contributed by atoms with Gasteiger partial charge in [0.25, 0.3) is 0 Å². The summed E-state index contributed by atoms with van der Waals surface area (Å²) < 4.78 is 24.3. The van der Waals surface area contributed by atoms with Gasteiger partial charge in [-0.25, -0.2) is 18.8 Å². The van der Waals surface area contributed by atoms with Gasteiger partial charge in [0.15, 0.2) is 9.92 Å². The molecule has 2 aromatic rings. The molecule has 5 rings (SSSR count). The van der Waals surface area contributed by atoms with Crippen LogP contribution in [0.5, 0.6) is 5.88 Å². The maximum absolute atomic E-state index is 13.1. The highest BCUT2D eigenvalue weighted by Gasteiger charge is 2.32. The Labute approximate surface area is 170 Å². The number of benzene rings is 1. The zero-order valence-electron chi connectivity index (χ0n) is 16.7. The third-order valence-electron chi connectivity index (χ3n) is 5.95. The molecule has 0 fully saturated rings. The molecule has 0 spiro atoms. The Morgan fingerprint density at radius 3 is 2.79 bits per heavy atom. The summed E-state index contributed by atoms with van der Waals surface area (Å²) >= 11 is 0. The van der Waals surface area contributed by atoms with Gasteiger partial charge in [0.2, 0.25) is 5.88 Å². The molecule has 2 aliphatic carbocycles. The number of nitrogens with one attached hydrogen (secondary N) is 1. The fourth-order valence-electron chi connectivity index (χ4n) is 4.43. The summed E-state index contributed by atoms with van der Waals surface area (Å²) in [6.07, 6.45) is 6.43. The number of fused-ring (bicyclic) bond motifs is 3. The lowest BCUT2D eigenvalue weighted by Crippen LogP contribution is -2.33. The Balaban J connectivity index is 1.45. The van der Waals surface area contributed by atoms with Gasteiger partial charge in [-0.15, -0.1) is 4.36 Å². The second kappa shape index (κ2) is 6.30. The molecule has 154 valence electrons. The number of nitrogens with zero attached hydrogens (tertiary/aromatic N) is 3. The SMILES string of the molecule is CC1(C)COc2c(S(N)(=O)=NC(=O)Nc3c4c(cc5c3CC5)CCC4)cnn2C1. The molecule has 0 radical (unpaired) electrons. The number of aryl methyl sites for hydroxylation is 2. The number of hydrogen-bond donors (Lipinski definition) is 2. The van der Waals surface area contributed by atoms with Crippen LogP contribution in [-0.4, -0.2) is 26.6 Å². The van der Waals surface area contributed by atoms with E-state index in [1.54, 1.807) is 4.68 Å². The minimum Gasteiger partial charge on any atom is -0.476 e. The molecule has 1 unspecified atom stereocenters. The summed E-state index contributed by atoms with van der Waals surface area (Å²) in [5.74, 6) is 0.332. The van der Waals surface area contributed by atoms with Gasteiger partial charge in [-0.3, -0.25) is 0 Å². The van der Waals surface area contributed by atoms with Gasteiger partial charge in [0.05, 0.1) is 19.3 Å². The van der Waals surface area contributed by atoms with E-state index in [1.807, 2.05) is 0 Å². The van der Waals surface area contributed by atoms with Gasteiger partial charge < -0.3 is 10.1 Å².